The molecule has 0 aliphatic rings. The van der Waals surface area contributed by atoms with E-state index < -0.39 is 6.10 Å². The van der Waals surface area contributed by atoms with Crippen LogP contribution in [0.1, 0.15) is 17.9 Å². The second-order valence-corrected chi connectivity index (χ2v) is 5.92. The molecule has 0 aliphatic carbocycles. The third kappa shape index (κ3) is 3.56. The van der Waals surface area contributed by atoms with Crippen molar-refractivity contribution in [2.75, 3.05) is 20.3 Å². The maximum Gasteiger partial charge on any atom is 0.225 e. The van der Waals surface area contributed by atoms with Crippen molar-refractivity contribution in [1.29, 1.82) is 0 Å². The van der Waals surface area contributed by atoms with Gasteiger partial charge in [0, 0.05) is 23.2 Å². The van der Waals surface area contributed by atoms with Crippen molar-refractivity contribution >= 4 is 27.3 Å². The molecule has 4 nitrogen and oxygen atoms in total. The number of thiophene rings is 1. The van der Waals surface area contributed by atoms with Crippen molar-refractivity contribution in [1.82, 2.24) is 5.32 Å². The molecule has 2 N–H and O–H groups in total. The molecule has 0 spiro atoms. The van der Waals surface area contributed by atoms with Crippen LogP contribution < -0.4 is 5.32 Å². The van der Waals surface area contributed by atoms with Crippen molar-refractivity contribution in [2.45, 2.75) is 13.0 Å². The second kappa shape index (κ2) is 6.83. The fourth-order valence-electron chi connectivity index (χ4n) is 1.96. The highest BCUT2D eigenvalue weighted by atomic mass is 32.1. The van der Waals surface area contributed by atoms with Crippen LogP contribution in [0.2, 0.25) is 0 Å². The van der Waals surface area contributed by atoms with Gasteiger partial charge in [-0.25, -0.2) is 0 Å². The summed E-state index contributed by atoms with van der Waals surface area (Å²) < 4.78 is 6.07. The van der Waals surface area contributed by atoms with Gasteiger partial charge >= 0.3 is 0 Å². The Kier molecular flexibility index (Phi) is 5.11. The molecular formula is C15H19NO3S. The number of hydrogen-bond acceptors (Lipinski definition) is 4. The predicted molar refractivity (Wildman–Crippen MR) is 80.8 cm³/mol. The number of carbonyl (C=O) groups is 1. The van der Waals surface area contributed by atoms with Gasteiger partial charge in [-0.3, -0.25) is 4.79 Å². The van der Waals surface area contributed by atoms with Gasteiger partial charge in [-0.1, -0.05) is 25.1 Å². The number of benzene rings is 1. The van der Waals surface area contributed by atoms with Crippen molar-refractivity contribution in [3.63, 3.8) is 0 Å². The van der Waals surface area contributed by atoms with E-state index in [-0.39, 0.29) is 18.4 Å². The normalized spacial score (nSPS) is 14.2. The van der Waals surface area contributed by atoms with E-state index in [1.54, 1.807) is 25.4 Å². The number of hydrogen-bond donors (Lipinski definition) is 2. The first kappa shape index (κ1) is 15.0. The zero-order chi connectivity index (χ0) is 14.5. The number of aliphatic hydroxyl groups is 1. The van der Waals surface area contributed by atoms with Crippen LogP contribution in [0.5, 0.6) is 0 Å². The molecule has 20 heavy (non-hydrogen) atoms. The topological polar surface area (TPSA) is 58.6 Å². The maximum absolute atomic E-state index is 11.7. The van der Waals surface area contributed by atoms with Crippen LogP contribution in [-0.4, -0.2) is 31.3 Å². The Labute approximate surface area is 122 Å². The SMILES string of the molecule is COCC(C)C(=O)NCC(O)c1cc2ccccc2s1. The van der Waals surface area contributed by atoms with E-state index in [1.807, 2.05) is 30.3 Å². The predicted octanol–water partition coefficient (Wildman–Crippen LogP) is 2.33. The third-order valence-electron chi connectivity index (χ3n) is 3.11. The molecular weight excluding hydrogens is 274 g/mol. The number of fused-ring (bicyclic) bond motifs is 1. The maximum atomic E-state index is 11.7. The summed E-state index contributed by atoms with van der Waals surface area (Å²) in [7, 11) is 1.57. The van der Waals surface area contributed by atoms with Crippen molar-refractivity contribution in [3.05, 3.63) is 35.2 Å². The minimum atomic E-state index is -0.675. The zero-order valence-electron chi connectivity index (χ0n) is 11.6. The lowest BCUT2D eigenvalue weighted by atomic mass is 10.1. The quantitative estimate of drug-likeness (QED) is 0.859. The Bertz CT molecular complexity index is 548. The Morgan fingerprint density at radius 3 is 2.90 bits per heavy atom. The first-order valence-electron chi connectivity index (χ1n) is 6.55. The fourth-order valence-corrected chi connectivity index (χ4v) is 3.02. The van der Waals surface area contributed by atoms with Crippen LogP contribution in [0.15, 0.2) is 30.3 Å². The molecule has 1 heterocycles. The molecule has 2 rings (SSSR count). The smallest absolute Gasteiger partial charge is 0.225 e. The number of aliphatic hydroxyl groups excluding tert-OH is 1. The Morgan fingerprint density at radius 1 is 1.45 bits per heavy atom. The molecule has 108 valence electrons. The molecule has 1 amide bonds. The monoisotopic (exact) mass is 293 g/mol. The average molecular weight is 293 g/mol. The van der Waals surface area contributed by atoms with Crippen LogP contribution in [0.25, 0.3) is 10.1 Å². The summed E-state index contributed by atoms with van der Waals surface area (Å²) >= 11 is 1.55. The Hall–Kier alpha value is -1.43. The molecule has 2 atom stereocenters. The Balaban J connectivity index is 1.94. The molecule has 0 bridgehead atoms. The minimum Gasteiger partial charge on any atom is -0.386 e. The highest BCUT2D eigenvalue weighted by Crippen LogP contribution is 2.29. The van der Waals surface area contributed by atoms with Gasteiger partial charge < -0.3 is 15.2 Å². The van der Waals surface area contributed by atoms with Gasteiger partial charge in [-0.15, -0.1) is 11.3 Å². The lowest BCUT2D eigenvalue weighted by Gasteiger charge is -2.13. The second-order valence-electron chi connectivity index (χ2n) is 4.80. The molecule has 5 heteroatoms. The van der Waals surface area contributed by atoms with E-state index in [0.29, 0.717) is 6.61 Å². The molecule has 0 radical (unpaired) electrons. The van der Waals surface area contributed by atoms with E-state index in [4.69, 9.17) is 4.74 Å². The van der Waals surface area contributed by atoms with E-state index in [1.165, 1.54) is 0 Å². The molecule has 1 aromatic heterocycles. The van der Waals surface area contributed by atoms with Gasteiger partial charge in [0.2, 0.25) is 5.91 Å². The lowest BCUT2D eigenvalue weighted by Crippen LogP contribution is -2.34. The highest BCUT2D eigenvalue weighted by molar-refractivity contribution is 7.19. The van der Waals surface area contributed by atoms with Gasteiger partial charge in [0.25, 0.3) is 0 Å². The summed E-state index contributed by atoms with van der Waals surface area (Å²) in [4.78, 5) is 12.6. The van der Waals surface area contributed by atoms with Crippen molar-refractivity contribution < 1.29 is 14.6 Å². The number of carbonyl (C=O) groups excluding carboxylic acids is 1. The van der Waals surface area contributed by atoms with E-state index >= 15 is 0 Å². The van der Waals surface area contributed by atoms with Gasteiger partial charge in [-0.05, 0) is 17.5 Å². The minimum absolute atomic E-state index is 0.105. The molecule has 2 unspecified atom stereocenters. The fraction of sp³-hybridized carbons (Fsp3) is 0.400. The van der Waals surface area contributed by atoms with E-state index in [2.05, 4.69) is 5.32 Å². The first-order chi connectivity index (χ1) is 9.61. The third-order valence-corrected chi connectivity index (χ3v) is 4.32. The largest absolute Gasteiger partial charge is 0.386 e. The molecule has 0 aliphatic heterocycles. The summed E-state index contributed by atoms with van der Waals surface area (Å²) in [6.45, 7) is 2.40. The molecule has 1 aromatic carbocycles. The number of amides is 1. The van der Waals surface area contributed by atoms with Gasteiger partial charge in [-0.2, -0.15) is 0 Å². The highest BCUT2D eigenvalue weighted by Gasteiger charge is 2.16. The van der Waals surface area contributed by atoms with Crippen LogP contribution in [-0.2, 0) is 9.53 Å². The van der Waals surface area contributed by atoms with E-state index in [9.17, 15) is 9.90 Å². The number of ether oxygens (including phenoxy) is 1. The van der Waals surface area contributed by atoms with Crippen LogP contribution in [0.3, 0.4) is 0 Å². The molecule has 0 saturated heterocycles. The number of rotatable bonds is 6. The van der Waals surface area contributed by atoms with E-state index in [0.717, 1.165) is 15.0 Å². The van der Waals surface area contributed by atoms with Crippen molar-refractivity contribution in [2.24, 2.45) is 5.92 Å². The van der Waals surface area contributed by atoms with Gasteiger partial charge in [0.05, 0.1) is 12.5 Å². The van der Waals surface area contributed by atoms with Crippen LogP contribution in [0, 0.1) is 5.92 Å². The van der Waals surface area contributed by atoms with Crippen LogP contribution in [0.4, 0.5) is 0 Å². The average Bonchev–Trinajstić information content (AvgIpc) is 2.88. The summed E-state index contributed by atoms with van der Waals surface area (Å²) in [5.41, 5.74) is 0. The summed E-state index contributed by atoms with van der Waals surface area (Å²) in [6.07, 6.45) is -0.675. The van der Waals surface area contributed by atoms with Gasteiger partial charge in [0.15, 0.2) is 0 Å². The molecule has 2 aromatic rings. The molecule has 0 saturated carbocycles. The number of methoxy groups -OCH3 is 1. The standard InChI is InChI=1S/C15H19NO3S/c1-10(9-19-2)15(18)16-8-12(17)14-7-11-5-3-4-6-13(11)20-14/h3-7,10,12,17H,8-9H2,1-2H3,(H,16,18). The van der Waals surface area contributed by atoms with Crippen molar-refractivity contribution in [3.8, 4) is 0 Å². The summed E-state index contributed by atoms with van der Waals surface area (Å²) in [5.74, 6) is -0.318. The van der Waals surface area contributed by atoms with Crippen LogP contribution >= 0.6 is 11.3 Å². The van der Waals surface area contributed by atoms with Gasteiger partial charge in [0.1, 0.15) is 6.10 Å². The molecule has 0 fully saturated rings. The zero-order valence-corrected chi connectivity index (χ0v) is 12.4. The lowest BCUT2D eigenvalue weighted by molar-refractivity contribution is -0.126. The summed E-state index contributed by atoms with van der Waals surface area (Å²) in [5, 5.41) is 14.0. The number of nitrogens with one attached hydrogen (secondary N) is 1. The first-order valence-corrected chi connectivity index (χ1v) is 7.36. The Morgan fingerprint density at radius 2 is 2.20 bits per heavy atom. The summed E-state index contributed by atoms with van der Waals surface area (Å²) in [6, 6.07) is 9.95.